The zero-order valence-corrected chi connectivity index (χ0v) is 20.4. The number of hydrogen-bond donors (Lipinski definition) is 0. The fourth-order valence-corrected chi connectivity index (χ4v) is 3.91. The molecule has 0 bridgehead atoms. The molecule has 2 aromatic carbocycles. The van der Waals surface area contributed by atoms with Crippen LogP contribution in [0.15, 0.2) is 70.4 Å². The van der Waals surface area contributed by atoms with E-state index in [9.17, 15) is 4.39 Å². The van der Waals surface area contributed by atoms with Gasteiger partial charge in [0.25, 0.3) is 0 Å². The highest BCUT2D eigenvalue weighted by molar-refractivity contribution is 9.10. The average molecular weight is 538 g/mol. The van der Waals surface area contributed by atoms with Crippen LogP contribution >= 0.6 is 15.9 Å². The van der Waals surface area contributed by atoms with Gasteiger partial charge in [-0.3, -0.25) is 4.68 Å². The molecule has 0 radical (unpaired) electrons. The van der Waals surface area contributed by atoms with Gasteiger partial charge in [-0.15, -0.1) is 0 Å². The van der Waals surface area contributed by atoms with Crippen molar-refractivity contribution < 1.29 is 18.7 Å². The van der Waals surface area contributed by atoms with Gasteiger partial charge in [0.15, 0.2) is 5.82 Å². The van der Waals surface area contributed by atoms with E-state index in [2.05, 4.69) is 36.2 Å². The van der Waals surface area contributed by atoms with Gasteiger partial charge in [-0.2, -0.15) is 10.1 Å². The predicted octanol–water partition coefficient (Wildman–Crippen LogP) is 5.00. The maximum atomic E-state index is 14.3. The summed E-state index contributed by atoms with van der Waals surface area (Å²) in [6.07, 6.45) is 2.26. The van der Waals surface area contributed by atoms with E-state index in [1.807, 2.05) is 30.3 Å². The molecule has 4 aromatic rings. The largest absolute Gasteiger partial charge is 0.497 e. The normalized spacial score (nSPS) is 12.8. The SMILES string of the molecule is COc1ccc(COc2nc(-c3cc(C4=NOCC4)n(Cc4ccccc4F)n3)ncc2Br)cc1. The van der Waals surface area contributed by atoms with Crippen LogP contribution in [-0.4, -0.2) is 39.2 Å². The van der Waals surface area contributed by atoms with E-state index in [0.717, 1.165) is 22.7 Å². The minimum Gasteiger partial charge on any atom is -0.497 e. The molecule has 0 unspecified atom stereocenters. The molecule has 1 aliphatic heterocycles. The van der Waals surface area contributed by atoms with Gasteiger partial charge in [0.2, 0.25) is 5.88 Å². The monoisotopic (exact) mass is 537 g/mol. The molecule has 2 aromatic heterocycles. The van der Waals surface area contributed by atoms with Gasteiger partial charge in [0.1, 0.15) is 36.2 Å². The Labute approximate surface area is 209 Å². The van der Waals surface area contributed by atoms with E-state index in [4.69, 9.17) is 14.3 Å². The Balaban J connectivity index is 1.43. The number of rotatable bonds is 8. The van der Waals surface area contributed by atoms with Crippen LogP contribution in [-0.2, 0) is 18.0 Å². The predicted molar refractivity (Wildman–Crippen MR) is 131 cm³/mol. The second kappa shape index (κ2) is 10.2. The van der Waals surface area contributed by atoms with E-state index in [1.165, 1.54) is 6.07 Å². The highest BCUT2D eigenvalue weighted by Gasteiger charge is 2.21. The molecule has 8 nitrogen and oxygen atoms in total. The van der Waals surface area contributed by atoms with E-state index in [1.54, 1.807) is 36.2 Å². The first-order valence-corrected chi connectivity index (χ1v) is 11.7. The summed E-state index contributed by atoms with van der Waals surface area (Å²) >= 11 is 3.45. The average Bonchev–Trinajstić information content (AvgIpc) is 3.55. The molecule has 3 heterocycles. The molecule has 5 rings (SSSR count). The van der Waals surface area contributed by atoms with Crippen molar-refractivity contribution in [1.82, 2.24) is 19.7 Å². The third-order valence-corrected chi connectivity index (χ3v) is 5.98. The first-order valence-electron chi connectivity index (χ1n) is 10.9. The second-order valence-corrected chi connectivity index (χ2v) is 8.62. The van der Waals surface area contributed by atoms with Crippen LogP contribution in [0.5, 0.6) is 11.6 Å². The molecule has 178 valence electrons. The lowest BCUT2D eigenvalue weighted by Crippen LogP contribution is -2.12. The zero-order chi connectivity index (χ0) is 24.2. The Bertz CT molecular complexity index is 1370. The summed E-state index contributed by atoms with van der Waals surface area (Å²) in [5.41, 5.74) is 3.48. The fourth-order valence-electron chi connectivity index (χ4n) is 3.60. The molecule has 0 spiro atoms. The number of aromatic nitrogens is 4. The summed E-state index contributed by atoms with van der Waals surface area (Å²) in [5, 5.41) is 8.80. The Hall–Kier alpha value is -3.79. The van der Waals surface area contributed by atoms with Crippen LogP contribution in [0.25, 0.3) is 11.5 Å². The molecule has 0 amide bonds. The van der Waals surface area contributed by atoms with E-state index in [-0.39, 0.29) is 12.4 Å². The van der Waals surface area contributed by atoms with Crippen molar-refractivity contribution in [2.45, 2.75) is 19.6 Å². The fraction of sp³-hybridized carbons (Fsp3) is 0.200. The molecule has 10 heteroatoms. The standard InChI is InChI=1S/C25H21BrFN5O3/c1-33-18-8-6-16(7-9-18)15-34-25-19(26)13-28-24(29-25)22-12-23(21-10-11-35-31-21)32(30-22)14-17-4-2-3-5-20(17)27/h2-9,12-13H,10-11,14-15H2,1H3. The Kier molecular flexibility index (Phi) is 6.71. The van der Waals surface area contributed by atoms with Crippen LogP contribution < -0.4 is 9.47 Å². The van der Waals surface area contributed by atoms with E-state index < -0.39 is 0 Å². The van der Waals surface area contributed by atoms with Gasteiger partial charge in [0, 0.05) is 18.2 Å². The molecule has 35 heavy (non-hydrogen) atoms. The van der Waals surface area contributed by atoms with Crippen LogP contribution in [0.4, 0.5) is 4.39 Å². The van der Waals surface area contributed by atoms with Crippen LogP contribution in [0.2, 0.25) is 0 Å². The maximum absolute atomic E-state index is 14.3. The van der Waals surface area contributed by atoms with Crippen molar-refractivity contribution in [2.24, 2.45) is 5.16 Å². The Morgan fingerprint density at radius 3 is 2.71 bits per heavy atom. The third-order valence-electron chi connectivity index (χ3n) is 5.43. The zero-order valence-electron chi connectivity index (χ0n) is 18.8. The summed E-state index contributed by atoms with van der Waals surface area (Å²) in [7, 11) is 1.63. The van der Waals surface area contributed by atoms with Crippen molar-refractivity contribution >= 4 is 21.6 Å². The lowest BCUT2D eigenvalue weighted by atomic mass is 10.1. The lowest BCUT2D eigenvalue weighted by Gasteiger charge is -2.09. The van der Waals surface area contributed by atoms with Crippen LogP contribution in [0.3, 0.4) is 0 Å². The highest BCUT2D eigenvalue weighted by atomic mass is 79.9. The number of methoxy groups -OCH3 is 1. The molecule has 0 saturated carbocycles. The molecule has 0 fully saturated rings. The van der Waals surface area contributed by atoms with Crippen molar-refractivity contribution in [3.05, 3.63) is 87.9 Å². The number of hydrogen-bond acceptors (Lipinski definition) is 7. The van der Waals surface area contributed by atoms with Crippen LogP contribution in [0, 0.1) is 5.82 Å². The summed E-state index contributed by atoms with van der Waals surface area (Å²) in [4.78, 5) is 14.2. The summed E-state index contributed by atoms with van der Waals surface area (Å²) in [6, 6.07) is 16.1. The third kappa shape index (κ3) is 5.17. The summed E-state index contributed by atoms with van der Waals surface area (Å²) in [5.74, 6) is 1.25. The molecule has 0 aliphatic carbocycles. The lowest BCUT2D eigenvalue weighted by molar-refractivity contribution is 0.174. The molecular weight excluding hydrogens is 517 g/mol. The maximum Gasteiger partial charge on any atom is 0.232 e. The van der Waals surface area contributed by atoms with Crippen LogP contribution in [0.1, 0.15) is 23.2 Å². The molecule has 1 aliphatic rings. The number of oxime groups is 1. The summed E-state index contributed by atoms with van der Waals surface area (Å²) < 4.78 is 27.8. The number of halogens is 2. The van der Waals surface area contributed by atoms with Gasteiger partial charge in [-0.05, 0) is 45.8 Å². The first kappa shape index (κ1) is 23.0. The quantitative estimate of drug-likeness (QED) is 0.314. The second-order valence-electron chi connectivity index (χ2n) is 7.77. The van der Waals surface area contributed by atoms with Crippen molar-refractivity contribution in [3.8, 4) is 23.1 Å². The van der Waals surface area contributed by atoms with Crippen molar-refractivity contribution in [3.63, 3.8) is 0 Å². The van der Waals surface area contributed by atoms with Gasteiger partial charge in [-0.1, -0.05) is 35.5 Å². The van der Waals surface area contributed by atoms with Gasteiger partial charge in [-0.25, -0.2) is 9.37 Å². The Morgan fingerprint density at radius 1 is 1.14 bits per heavy atom. The van der Waals surface area contributed by atoms with Crippen molar-refractivity contribution in [2.75, 3.05) is 13.7 Å². The molecule has 0 saturated heterocycles. The highest BCUT2D eigenvalue weighted by Crippen LogP contribution is 2.27. The van der Waals surface area contributed by atoms with Gasteiger partial charge < -0.3 is 14.3 Å². The molecule has 0 N–H and O–H groups in total. The topological polar surface area (TPSA) is 83.6 Å². The van der Waals surface area contributed by atoms with Gasteiger partial charge in [0.05, 0.1) is 23.8 Å². The first-order chi connectivity index (χ1) is 17.1. The Morgan fingerprint density at radius 2 is 1.97 bits per heavy atom. The molecule has 0 atom stereocenters. The minimum absolute atomic E-state index is 0.235. The number of benzene rings is 2. The van der Waals surface area contributed by atoms with E-state index >= 15 is 0 Å². The molecular formula is C25H21BrFN5O3. The number of nitrogens with zero attached hydrogens (tertiary/aromatic N) is 5. The minimum atomic E-state index is -0.297. The van der Waals surface area contributed by atoms with Crippen molar-refractivity contribution in [1.29, 1.82) is 0 Å². The number of ether oxygens (including phenoxy) is 2. The van der Waals surface area contributed by atoms with Gasteiger partial charge >= 0.3 is 0 Å². The summed E-state index contributed by atoms with van der Waals surface area (Å²) in [6.45, 7) is 1.05. The smallest absolute Gasteiger partial charge is 0.232 e. The van der Waals surface area contributed by atoms with E-state index in [0.29, 0.717) is 47.1 Å².